The number of ether oxygens (including phenoxy) is 3. The molecular weight excluding hydrogens is 270 g/mol. The molecule has 0 aliphatic carbocycles. The molecule has 5 nitrogen and oxygen atoms in total. The molecule has 5 heteroatoms. The monoisotopic (exact) mass is 295 g/mol. The van der Waals surface area contributed by atoms with Gasteiger partial charge in [0, 0.05) is 13.2 Å². The fraction of sp³-hybridized carbons (Fsp3) is 0.562. The summed E-state index contributed by atoms with van der Waals surface area (Å²) in [6.07, 6.45) is 0.876. The van der Waals surface area contributed by atoms with Crippen molar-refractivity contribution in [2.24, 2.45) is 0 Å². The van der Waals surface area contributed by atoms with E-state index in [-0.39, 0.29) is 11.8 Å². The minimum Gasteiger partial charge on any atom is -0.497 e. The molecule has 1 unspecified atom stereocenters. The van der Waals surface area contributed by atoms with Gasteiger partial charge in [-0.1, -0.05) is 0 Å². The maximum atomic E-state index is 12.5. The standard InChI is InChI=1S/C16H25NO4/c1-5-21-10-6-9-17-12(2)16(18)14-11-13(19-3)7-8-15(14)20-4/h7-8,11-12,17H,5-6,9-10H2,1-4H3. The number of methoxy groups -OCH3 is 2. The number of nitrogens with one attached hydrogen (secondary N) is 1. The SMILES string of the molecule is CCOCCCNC(C)C(=O)c1cc(OC)ccc1OC. The Morgan fingerprint density at radius 3 is 2.67 bits per heavy atom. The average Bonchev–Trinajstić information content (AvgIpc) is 2.53. The Hall–Kier alpha value is -1.59. The quantitative estimate of drug-likeness (QED) is 0.530. The van der Waals surface area contributed by atoms with Crippen molar-refractivity contribution >= 4 is 5.78 Å². The molecule has 0 radical (unpaired) electrons. The summed E-state index contributed by atoms with van der Waals surface area (Å²) in [6, 6.07) is 4.94. The predicted octanol–water partition coefficient (Wildman–Crippen LogP) is 2.29. The largest absolute Gasteiger partial charge is 0.497 e. The molecule has 0 aromatic heterocycles. The molecule has 1 aromatic rings. The lowest BCUT2D eigenvalue weighted by molar-refractivity contribution is 0.0943. The van der Waals surface area contributed by atoms with E-state index in [4.69, 9.17) is 14.2 Å². The third-order valence-corrected chi connectivity index (χ3v) is 3.19. The van der Waals surface area contributed by atoms with Crippen molar-refractivity contribution in [3.05, 3.63) is 23.8 Å². The van der Waals surface area contributed by atoms with Crippen molar-refractivity contribution < 1.29 is 19.0 Å². The van der Waals surface area contributed by atoms with E-state index in [1.165, 1.54) is 0 Å². The van der Waals surface area contributed by atoms with Crippen molar-refractivity contribution in [1.82, 2.24) is 5.32 Å². The third kappa shape index (κ3) is 5.36. The first-order valence-corrected chi connectivity index (χ1v) is 7.21. The van der Waals surface area contributed by atoms with Crippen molar-refractivity contribution in [2.75, 3.05) is 34.0 Å². The number of carbonyl (C=O) groups is 1. The topological polar surface area (TPSA) is 56.8 Å². The lowest BCUT2D eigenvalue weighted by Gasteiger charge is -2.15. The summed E-state index contributed by atoms with van der Waals surface area (Å²) >= 11 is 0. The summed E-state index contributed by atoms with van der Waals surface area (Å²) < 4.78 is 15.7. The molecule has 0 fully saturated rings. The van der Waals surface area contributed by atoms with Gasteiger partial charge in [0.2, 0.25) is 0 Å². The Labute approximate surface area is 126 Å². The summed E-state index contributed by atoms with van der Waals surface area (Å²) in [5, 5.41) is 3.20. The molecule has 0 saturated carbocycles. The Kier molecular flexibility index (Phi) is 7.79. The highest BCUT2D eigenvalue weighted by Crippen LogP contribution is 2.25. The molecular formula is C16H25NO4. The predicted molar refractivity (Wildman–Crippen MR) is 82.5 cm³/mol. The first kappa shape index (κ1) is 17.5. The van der Waals surface area contributed by atoms with Crippen LogP contribution in [0.2, 0.25) is 0 Å². The third-order valence-electron chi connectivity index (χ3n) is 3.19. The second kappa shape index (κ2) is 9.37. The molecule has 1 aromatic carbocycles. The molecule has 118 valence electrons. The Bertz CT molecular complexity index is 448. The molecule has 21 heavy (non-hydrogen) atoms. The maximum Gasteiger partial charge on any atom is 0.183 e. The van der Waals surface area contributed by atoms with Crippen molar-refractivity contribution in [3.63, 3.8) is 0 Å². The van der Waals surface area contributed by atoms with Gasteiger partial charge in [-0.3, -0.25) is 4.79 Å². The number of benzene rings is 1. The molecule has 0 saturated heterocycles. The van der Waals surface area contributed by atoms with Crippen molar-refractivity contribution in [3.8, 4) is 11.5 Å². The maximum absolute atomic E-state index is 12.5. The van der Waals surface area contributed by atoms with Crippen LogP contribution in [0, 0.1) is 0 Å². The molecule has 1 rings (SSSR count). The second-order valence-corrected chi connectivity index (χ2v) is 4.66. The fourth-order valence-electron chi connectivity index (χ4n) is 1.97. The van der Waals surface area contributed by atoms with E-state index in [0.29, 0.717) is 23.7 Å². The van der Waals surface area contributed by atoms with Gasteiger partial charge in [0.15, 0.2) is 5.78 Å². The molecule has 0 spiro atoms. The summed E-state index contributed by atoms with van der Waals surface area (Å²) in [5.74, 6) is 1.19. The first-order valence-electron chi connectivity index (χ1n) is 7.21. The van der Waals surface area contributed by atoms with Crippen LogP contribution in [0.25, 0.3) is 0 Å². The zero-order valence-electron chi connectivity index (χ0n) is 13.3. The van der Waals surface area contributed by atoms with Crippen LogP contribution in [0.1, 0.15) is 30.6 Å². The summed E-state index contributed by atoms with van der Waals surface area (Å²) in [5.41, 5.74) is 0.529. The van der Waals surface area contributed by atoms with Crippen molar-refractivity contribution in [1.29, 1.82) is 0 Å². The molecule has 1 N–H and O–H groups in total. The van der Waals surface area contributed by atoms with E-state index in [1.54, 1.807) is 32.4 Å². The number of ketones is 1. The smallest absolute Gasteiger partial charge is 0.183 e. The average molecular weight is 295 g/mol. The number of hydrogen-bond acceptors (Lipinski definition) is 5. The highest BCUT2D eigenvalue weighted by molar-refractivity contribution is 6.02. The Balaban J connectivity index is 2.64. The number of Topliss-reactive ketones (excluding diaryl/α,β-unsaturated/α-hetero) is 1. The zero-order valence-corrected chi connectivity index (χ0v) is 13.3. The van der Waals surface area contributed by atoms with Gasteiger partial charge in [0.1, 0.15) is 11.5 Å². The molecule has 0 bridgehead atoms. The number of rotatable bonds is 10. The minimum atomic E-state index is -0.285. The van der Waals surface area contributed by atoms with Gasteiger partial charge in [0.25, 0.3) is 0 Å². The molecule has 0 aliphatic heterocycles. The summed E-state index contributed by atoms with van der Waals surface area (Å²) in [6.45, 7) is 5.97. The van der Waals surface area contributed by atoms with Crippen LogP contribution in [0.3, 0.4) is 0 Å². The first-order chi connectivity index (χ1) is 10.1. The molecule has 0 aliphatic rings. The van der Waals surface area contributed by atoms with Crippen LogP contribution in [0.5, 0.6) is 11.5 Å². The molecule has 0 heterocycles. The zero-order chi connectivity index (χ0) is 15.7. The number of carbonyl (C=O) groups excluding carboxylic acids is 1. The summed E-state index contributed by atoms with van der Waals surface area (Å²) in [4.78, 5) is 12.5. The van der Waals surface area contributed by atoms with Crippen LogP contribution in [0.15, 0.2) is 18.2 Å². The van der Waals surface area contributed by atoms with E-state index < -0.39 is 0 Å². The van der Waals surface area contributed by atoms with E-state index >= 15 is 0 Å². The van der Waals surface area contributed by atoms with Crippen LogP contribution in [-0.2, 0) is 4.74 Å². The molecule has 1 atom stereocenters. The van der Waals surface area contributed by atoms with Gasteiger partial charge in [-0.2, -0.15) is 0 Å². The minimum absolute atomic E-state index is 0.0119. The van der Waals surface area contributed by atoms with Crippen molar-refractivity contribution in [2.45, 2.75) is 26.3 Å². The highest BCUT2D eigenvalue weighted by atomic mass is 16.5. The normalized spacial score (nSPS) is 12.0. The Morgan fingerprint density at radius 2 is 2.05 bits per heavy atom. The van der Waals surface area contributed by atoms with Gasteiger partial charge < -0.3 is 19.5 Å². The van der Waals surface area contributed by atoms with Crippen LogP contribution in [-0.4, -0.2) is 45.8 Å². The van der Waals surface area contributed by atoms with Gasteiger partial charge in [-0.05, 0) is 45.0 Å². The van der Waals surface area contributed by atoms with Gasteiger partial charge in [-0.15, -0.1) is 0 Å². The van der Waals surface area contributed by atoms with E-state index in [2.05, 4.69) is 5.32 Å². The summed E-state index contributed by atoms with van der Waals surface area (Å²) in [7, 11) is 3.13. The lowest BCUT2D eigenvalue weighted by Crippen LogP contribution is -2.35. The van der Waals surface area contributed by atoms with Crippen LogP contribution in [0.4, 0.5) is 0 Å². The van der Waals surface area contributed by atoms with Gasteiger partial charge in [0.05, 0.1) is 25.8 Å². The lowest BCUT2D eigenvalue weighted by atomic mass is 10.0. The van der Waals surface area contributed by atoms with Crippen LogP contribution >= 0.6 is 0 Å². The Morgan fingerprint density at radius 1 is 1.29 bits per heavy atom. The van der Waals surface area contributed by atoms with E-state index in [0.717, 1.165) is 19.6 Å². The number of hydrogen-bond donors (Lipinski definition) is 1. The molecule has 0 amide bonds. The highest BCUT2D eigenvalue weighted by Gasteiger charge is 2.19. The fourth-order valence-corrected chi connectivity index (χ4v) is 1.97. The van der Waals surface area contributed by atoms with E-state index in [9.17, 15) is 4.79 Å². The second-order valence-electron chi connectivity index (χ2n) is 4.66. The van der Waals surface area contributed by atoms with Gasteiger partial charge >= 0.3 is 0 Å². The van der Waals surface area contributed by atoms with Gasteiger partial charge in [-0.25, -0.2) is 0 Å². The van der Waals surface area contributed by atoms with Crippen LogP contribution < -0.4 is 14.8 Å². The van der Waals surface area contributed by atoms with E-state index in [1.807, 2.05) is 13.8 Å².